The number of benzene rings is 3. The van der Waals surface area contributed by atoms with Crippen molar-refractivity contribution in [2.24, 2.45) is 0 Å². The van der Waals surface area contributed by atoms with E-state index in [9.17, 15) is 23.3 Å². The van der Waals surface area contributed by atoms with Crippen LogP contribution in [-0.2, 0) is 21.2 Å². The Morgan fingerprint density at radius 1 is 1.02 bits per heavy atom. The lowest BCUT2D eigenvalue weighted by molar-refractivity contribution is -0.384. The van der Waals surface area contributed by atoms with Gasteiger partial charge in [0.25, 0.3) is 15.7 Å². The van der Waals surface area contributed by atoms with Gasteiger partial charge in [0.2, 0.25) is 0 Å². The van der Waals surface area contributed by atoms with Gasteiger partial charge in [0, 0.05) is 68.5 Å². The molecule has 5 rings (SSSR count). The Bertz CT molecular complexity index is 1700. The number of amides is 2. The van der Waals surface area contributed by atoms with Crippen LogP contribution in [0.2, 0.25) is 0 Å². The van der Waals surface area contributed by atoms with Crippen LogP contribution in [0.5, 0.6) is 0 Å². The van der Waals surface area contributed by atoms with Gasteiger partial charge in [0.1, 0.15) is 5.69 Å². The zero-order valence-corrected chi connectivity index (χ0v) is 31.3. The average molecular weight is 739 g/mol. The number of nitro groups is 1. The summed E-state index contributed by atoms with van der Waals surface area (Å²) in [6, 6.07) is 23.6. The fourth-order valence-electron chi connectivity index (χ4n) is 6.94. The second-order valence-electron chi connectivity index (χ2n) is 13.7. The minimum Gasteiger partial charge on any atom is -0.378 e. The zero-order chi connectivity index (χ0) is 36.4. The highest BCUT2D eigenvalue weighted by Gasteiger charge is 2.38. The lowest BCUT2D eigenvalue weighted by Crippen LogP contribution is -2.56. The van der Waals surface area contributed by atoms with Crippen molar-refractivity contribution in [3.63, 3.8) is 0 Å². The summed E-state index contributed by atoms with van der Waals surface area (Å²) in [6.07, 6.45) is 5.49. The highest BCUT2D eigenvalue weighted by molar-refractivity contribution is 7.99. The molecule has 2 aliphatic rings. The molecule has 1 saturated heterocycles. The normalized spacial score (nSPS) is 20.5. The fraction of sp³-hybridized carbons (Fsp3) is 0.486. The van der Waals surface area contributed by atoms with E-state index in [-0.39, 0.29) is 27.9 Å². The molecule has 1 saturated carbocycles. The van der Waals surface area contributed by atoms with Crippen molar-refractivity contribution in [2.75, 3.05) is 65.0 Å². The maximum Gasteiger partial charge on any atom is 0.331 e. The summed E-state index contributed by atoms with van der Waals surface area (Å²) in [7, 11) is 1.37. The number of thioether (sulfide) groups is 1. The van der Waals surface area contributed by atoms with Crippen LogP contribution in [-0.4, -0.2) is 111 Å². The Morgan fingerprint density at radius 3 is 2.27 bits per heavy atom. The minimum absolute atomic E-state index is 0.123. The van der Waals surface area contributed by atoms with E-state index < -0.39 is 21.0 Å². The molecule has 14 heteroatoms. The maximum absolute atomic E-state index is 13.3. The number of nitrogens with zero attached hydrogens (tertiary/aromatic N) is 4. The number of urea groups is 1. The van der Waals surface area contributed by atoms with Crippen molar-refractivity contribution in [3.05, 3.63) is 94.5 Å². The van der Waals surface area contributed by atoms with Gasteiger partial charge in [-0.15, -0.1) is 11.8 Å². The van der Waals surface area contributed by atoms with Gasteiger partial charge in [-0.25, -0.2) is 17.9 Å². The molecule has 0 unspecified atom stereocenters. The predicted molar refractivity (Wildman–Crippen MR) is 202 cm³/mol. The van der Waals surface area contributed by atoms with Gasteiger partial charge < -0.3 is 19.9 Å². The van der Waals surface area contributed by atoms with E-state index in [4.69, 9.17) is 4.74 Å². The number of carbonyl (C=O) groups is 1. The van der Waals surface area contributed by atoms with Crippen molar-refractivity contribution in [1.82, 2.24) is 19.4 Å². The Kier molecular flexibility index (Phi) is 13.4. The number of anilines is 1. The summed E-state index contributed by atoms with van der Waals surface area (Å²) in [5, 5.41) is 15.4. The molecule has 2 N–H and O–H groups in total. The van der Waals surface area contributed by atoms with Gasteiger partial charge in [0.05, 0.1) is 15.4 Å². The number of hydrogen-bond acceptors (Lipinski definition) is 10. The van der Waals surface area contributed by atoms with Crippen LogP contribution >= 0.6 is 11.8 Å². The molecule has 2 amide bonds. The van der Waals surface area contributed by atoms with E-state index in [1.807, 2.05) is 55.4 Å². The van der Waals surface area contributed by atoms with Crippen LogP contribution in [0.3, 0.4) is 0 Å². The number of methoxy groups -OCH3 is 1. The second-order valence-corrected chi connectivity index (χ2v) is 16.5. The third-order valence-electron chi connectivity index (χ3n) is 9.96. The highest BCUT2D eigenvalue weighted by Crippen LogP contribution is 2.37. The van der Waals surface area contributed by atoms with Crippen LogP contribution in [0.4, 0.5) is 16.2 Å². The number of piperazine rings is 1. The van der Waals surface area contributed by atoms with Crippen molar-refractivity contribution < 1.29 is 22.9 Å². The number of ether oxygens (including phenoxy) is 1. The van der Waals surface area contributed by atoms with Crippen LogP contribution in [0.15, 0.2) is 88.7 Å². The first-order valence-electron chi connectivity index (χ1n) is 17.5. The van der Waals surface area contributed by atoms with Crippen molar-refractivity contribution >= 4 is 39.2 Å². The molecule has 0 bridgehead atoms. The molecule has 1 aliphatic heterocycles. The smallest absolute Gasteiger partial charge is 0.331 e. The molecule has 1 heterocycles. The number of nitrogens with one attached hydrogen (secondary N) is 2. The van der Waals surface area contributed by atoms with Crippen LogP contribution in [0, 0.1) is 10.1 Å². The summed E-state index contributed by atoms with van der Waals surface area (Å²) >= 11 is 1.64. The molecule has 1 aliphatic carbocycles. The Morgan fingerprint density at radius 2 is 1.67 bits per heavy atom. The molecule has 0 radical (unpaired) electrons. The van der Waals surface area contributed by atoms with E-state index in [2.05, 4.69) is 39.2 Å². The van der Waals surface area contributed by atoms with E-state index in [0.29, 0.717) is 38.0 Å². The third-order valence-corrected chi connectivity index (χ3v) is 12.5. The second kappa shape index (κ2) is 17.7. The molecular formula is C37H50N6O6S2. The number of sulfonamides is 1. The van der Waals surface area contributed by atoms with Crippen molar-refractivity contribution in [3.8, 4) is 0 Å². The molecule has 3 aromatic rings. The summed E-state index contributed by atoms with van der Waals surface area (Å²) in [5.41, 5.74) is 0.955. The van der Waals surface area contributed by atoms with E-state index in [1.54, 1.807) is 18.9 Å². The summed E-state index contributed by atoms with van der Waals surface area (Å²) in [4.78, 5) is 31.4. The number of nitro benzene ring substituents is 1. The molecule has 1 atom stereocenters. The van der Waals surface area contributed by atoms with Gasteiger partial charge in [-0.2, -0.15) is 0 Å². The van der Waals surface area contributed by atoms with Crippen LogP contribution < -0.4 is 10.0 Å². The number of rotatable bonds is 15. The van der Waals surface area contributed by atoms with Crippen molar-refractivity contribution in [1.29, 1.82) is 0 Å². The molecule has 0 spiro atoms. The monoisotopic (exact) mass is 738 g/mol. The van der Waals surface area contributed by atoms with E-state index in [1.165, 1.54) is 22.6 Å². The Hall–Kier alpha value is -3.69. The van der Waals surface area contributed by atoms with Gasteiger partial charge >= 0.3 is 6.03 Å². The fourth-order valence-corrected chi connectivity index (χ4v) is 8.92. The molecular weight excluding hydrogens is 689 g/mol. The number of hydrogen-bond donors (Lipinski definition) is 2. The molecule has 276 valence electrons. The van der Waals surface area contributed by atoms with Crippen LogP contribution in [0.1, 0.15) is 37.7 Å². The third kappa shape index (κ3) is 10.7. The van der Waals surface area contributed by atoms with E-state index in [0.717, 1.165) is 56.0 Å². The Balaban J connectivity index is 1.16. The average Bonchev–Trinajstić information content (AvgIpc) is 3.13. The largest absolute Gasteiger partial charge is 0.378 e. The molecule has 2 fully saturated rings. The Labute approximate surface area is 306 Å². The minimum atomic E-state index is -4.37. The zero-order valence-electron chi connectivity index (χ0n) is 29.7. The van der Waals surface area contributed by atoms with Crippen LogP contribution in [0.25, 0.3) is 0 Å². The standard InChI is InChI=1S/C37H50N6O6S2/c1-40(2)21-18-30(28-50-32-12-8-5-9-13-32)38-34-15-14-33(26-35(34)43(45)46)51(47,48)39-36(44)42-24-22-41(23-25-42)31-16-19-37(49-3,20-17-31)27-29-10-6-4-7-11-29/h4-15,26,30-31,38H,16-25,27-28H2,1-3H3,(H,39,44)/t30-,31?,37?/m1/s1. The summed E-state index contributed by atoms with van der Waals surface area (Å²) in [5.74, 6) is 0.654. The first-order chi connectivity index (χ1) is 24.5. The first-order valence-corrected chi connectivity index (χ1v) is 20.0. The van der Waals surface area contributed by atoms with Gasteiger partial charge in [0.15, 0.2) is 0 Å². The maximum atomic E-state index is 13.3. The summed E-state index contributed by atoms with van der Waals surface area (Å²) in [6.45, 7) is 2.81. The topological polar surface area (TPSA) is 137 Å². The molecule has 12 nitrogen and oxygen atoms in total. The SMILES string of the molecule is COC1(Cc2ccccc2)CCC(N2CCN(C(=O)NS(=O)(=O)c3ccc(N[C@H](CCN(C)C)CSc4ccccc4)c([N+](=O)[O-])c3)CC2)CC1. The van der Waals surface area contributed by atoms with Gasteiger partial charge in [-0.1, -0.05) is 48.5 Å². The lowest BCUT2D eigenvalue weighted by Gasteiger charge is -2.45. The quantitative estimate of drug-likeness (QED) is 0.113. The lowest BCUT2D eigenvalue weighted by atomic mass is 9.77. The predicted octanol–water partition coefficient (Wildman–Crippen LogP) is 5.71. The molecule has 0 aromatic heterocycles. The molecule has 51 heavy (non-hydrogen) atoms. The summed E-state index contributed by atoms with van der Waals surface area (Å²) < 4.78 is 34.9. The first kappa shape index (κ1) is 38.5. The van der Waals surface area contributed by atoms with Gasteiger partial charge in [-0.05, 0) is 82.6 Å². The number of carbonyl (C=O) groups excluding carboxylic acids is 1. The molecule has 3 aromatic carbocycles. The van der Waals surface area contributed by atoms with E-state index >= 15 is 0 Å². The van der Waals surface area contributed by atoms with Gasteiger partial charge in [-0.3, -0.25) is 15.0 Å². The highest BCUT2D eigenvalue weighted by atomic mass is 32.2. The van der Waals surface area contributed by atoms with Crippen molar-refractivity contribution in [2.45, 2.75) is 66.0 Å².